The molecule has 0 aliphatic carbocycles. The van der Waals surface area contributed by atoms with Crippen LogP contribution in [-0.4, -0.2) is 50.0 Å². The Morgan fingerprint density at radius 1 is 1.27 bits per heavy atom. The minimum absolute atomic E-state index is 0. The lowest BCUT2D eigenvalue weighted by atomic mass is 10.0. The fraction of sp³-hybridized carbons (Fsp3) is 0.421. The Balaban J connectivity index is 0.00000243. The third-order valence-electron chi connectivity index (χ3n) is 4.58. The molecule has 0 amide bonds. The Kier molecular flexibility index (Phi) is 8.03. The molecule has 1 unspecified atom stereocenters. The minimum Gasteiger partial charge on any atom is -0.493 e. The summed E-state index contributed by atoms with van der Waals surface area (Å²) in [6.07, 6.45) is 5.89. The highest BCUT2D eigenvalue weighted by molar-refractivity contribution is 7.98. The summed E-state index contributed by atoms with van der Waals surface area (Å²) < 4.78 is 10.9. The third-order valence-corrected chi connectivity index (χ3v) is 5.40. The zero-order valence-electron chi connectivity index (χ0n) is 15.4. The van der Waals surface area contributed by atoms with Crippen molar-refractivity contribution in [2.24, 2.45) is 0 Å². The number of benzene rings is 1. The first-order valence-corrected chi connectivity index (χ1v) is 9.63. The number of ether oxygens (including phenoxy) is 2. The van der Waals surface area contributed by atoms with Crippen molar-refractivity contribution in [2.45, 2.75) is 17.5 Å². The molecule has 1 aliphatic heterocycles. The summed E-state index contributed by atoms with van der Waals surface area (Å²) >= 11 is 1.74. The molecule has 3 rings (SSSR count). The molecule has 5 nitrogen and oxygen atoms in total. The number of aromatic nitrogens is 1. The standard InChI is InChI=1S/C19H25N3O2S.ClH/c1-23-17-9-15(19(25-3)10-18(17)24-2)13-22-8-7-21-12-16(22)14-5-4-6-20-11-14;/h4-6,9-11,16,21H,7-8,12-13H2,1-3H3;1H. The predicted molar refractivity (Wildman–Crippen MR) is 109 cm³/mol. The van der Waals surface area contributed by atoms with E-state index in [1.807, 2.05) is 18.5 Å². The number of rotatable bonds is 6. The molecule has 26 heavy (non-hydrogen) atoms. The highest BCUT2D eigenvalue weighted by Crippen LogP contribution is 2.36. The summed E-state index contributed by atoms with van der Waals surface area (Å²) in [6.45, 7) is 3.81. The Bertz CT molecular complexity index is 703. The maximum atomic E-state index is 5.50. The number of methoxy groups -OCH3 is 2. The average Bonchev–Trinajstić information content (AvgIpc) is 2.68. The maximum Gasteiger partial charge on any atom is 0.161 e. The van der Waals surface area contributed by atoms with E-state index in [-0.39, 0.29) is 12.4 Å². The summed E-state index contributed by atoms with van der Waals surface area (Å²) in [6, 6.07) is 8.66. The van der Waals surface area contributed by atoms with Crippen LogP contribution in [0.2, 0.25) is 0 Å². The predicted octanol–water partition coefficient (Wildman–Crippen LogP) is 3.39. The number of hydrogen-bond acceptors (Lipinski definition) is 6. The second kappa shape index (κ2) is 10.0. The average molecular weight is 396 g/mol. The van der Waals surface area contributed by atoms with Gasteiger partial charge in [-0.2, -0.15) is 0 Å². The summed E-state index contributed by atoms with van der Waals surface area (Å²) in [5.74, 6) is 1.56. The number of thioether (sulfide) groups is 1. The molecule has 2 aromatic rings. The van der Waals surface area contributed by atoms with Gasteiger partial charge in [-0.15, -0.1) is 24.2 Å². The normalized spacial score (nSPS) is 17.4. The summed E-state index contributed by atoms with van der Waals surface area (Å²) in [5, 5.41) is 3.50. The van der Waals surface area contributed by atoms with Crippen molar-refractivity contribution in [3.63, 3.8) is 0 Å². The molecule has 0 spiro atoms. The Labute approximate surface area is 165 Å². The van der Waals surface area contributed by atoms with Crippen LogP contribution in [0.1, 0.15) is 17.2 Å². The molecule has 1 N–H and O–H groups in total. The van der Waals surface area contributed by atoms with Gasteiger partial charge < -0.3 is 14.8 Å². The first-order chi connectivity index (χ1) is 12.3. The van der Waals surface area contributed by atoms with E-state index < -0.39 is 0 Å². The summed E-state index contributed by atoms with van der Waals surface area (Å²) in [7, 11) is 3.36. The SMILES string of the molecule is COc1cc(CN2CCNCC2c2cccnc2)c(SC)cc1OC.Cl. The van der Waals surface area contributed by atoms with E-state index in [0.717, 1.165) is 37.7 Å². The summed E-state index contributed by atoms with van der Waals surface area (Å²) in [4.78, 5) is 8.02. The van der Waals surface area contributed by atoms with Crippen LogP contribution in [-0.2, 0) is 6.54 Å². The zero-order valence-corrected chi connectivity index (χ0v) is 17.0. The smallest absolute Gasteiger partial charge is 0.161 e. The third kappa shape index (κ3) is 4.62. The molecule has 7 heteroatoms. The van der Waals surface area contributed by atoms with Gasteiger partial charge >= 0.3 is 0 Å². The second-order valence-electron chi connectivity index (χ2n) is 6.00. The number of piperazine rings is 1. The first-order valence-electron chi connectivity index (χ1n) is 8.40. The molecule has 1 saturated heterocycles. The van der Waals surface area contributed by atoms with Crippen molar-refractivity contribution in [2.75, 3.05) is 40.1 Å². The molecular formula is C19H26ClN3O2S. The van der Waals surface area contributed by atoms with E-state index in [2.05, 4.69) is 39.7 Å². The molecule has 0 radical (unpaired) electrons. The number of pyridine rings is 1. The molecule has 1 aromatic heterocycles. The second-order valence-corrected chi connectivity index (χ2v) is 6.84. The van der Waals surface area contributed by atoms with Gasteiger partial charge in [0.15, 0.2) is 11.5 Å². The van der Waals surface area contributed by atoms with Crippen LogP contribution in [0.5, 0.6) is 11.5 Å². The minimum atomic E-state index is 0. The molecule has 142 valence electrons. The fourth-order valence-electron chi connectivity index (χ4n) is 3.27. The van der Waals surface area contributed by atoms with E-state index >= 15 is 0 Å². The Hall–Kier alpha value is -1.47. The number of nitrogens with one attached hydrogen (secondary N) is 1. The van der Waals surface area contributed by atoms with Gasteiger partial charge in [-0.1, -0.05) is 6.07 Å². The van der Waals surface area contributed by atoms with E-state index in [4.69, 9.17) is 9.47 Å². The van der Waals surface area contributed by atoms with Gasteiger partial charge in [-0.05, 0) is 35.6 Å². The fourth-order valence-corrected chi connectivity index (χ4v) is 3.88. The first kappa shape index (κ1) is 20.8. The number of halogens is 1. The van der Waals surface area contributed by atoms with Crippen LogP contribution >= 0.6 is 24.2 Å². The van der Waals surface area contributed by atoms with Crippen LogP contribution in [0.15, 0.2) is 41.6 Å². The van der Waals surface area contributed by atoms with Crippen molar-refractivity contribution in [1.82, 2.24) is 15.2 Å². The largest absolute Gasteiger partial charge is 0.493 e. The van der Waals surface area contributed by atoms with E-state index in [9.17, 15) is 0 Å². The van der Waals surface area contributed by atoms with Crippen LogP contribution in [0.4, 0.5) is 0 Å². The van der Waals surface area contributed by atoms with Gasteiger partial charge in [0.05, 0.1) is 14.2 Å². The Morgan fingerprint density at radius 2 is 2.04 bits per heavy atom. The zero-order chi connectivity index (χ0) is 17.6. The van der Waals surface area contributed by atoms with E-state index in [1.165, 1.54) is 16.0 Å². The van der Waals surface area contributed by atoms with Crippen LogP contribution in [0.25, 0.3) is 0 Å². The molecule has 1 aliphatic rings. The molecule has 1 aromatic carbocycles. The Morgan fingerprint density at radius 3 is 2.69 bits per heavy atom. The highest BCUT2D eigenvalue weighted by Gasteiger charge is 2.25. The molecule has 1 atom stereocenters. The van der Waals surface area contributed by atoms with Gasteiger partial charge in [0.1, 0.15) is 0 Å². The van der Waals surface area contributed by atoms with E-state index in [0.29, 0.717) is 6.04 Å². The number of nitrogens with zero attached hydrogens (tertiary/aromatic N) is 2. The lowest BCUT2D eigenvalue weighted by Gasteiger charge is -2.36. The maximum absolute atomic E-state index is 5.50. The van der Waals surface area contributed by atoms with Gasteiger partial charge in [0, 0.05) is 49.5 Å². The molecular weight excluding hydrogens is 370 g/mol. The van der Waals surface area contributed by atoms with Gasteiger partial charge in [0.25, 0.3) is 0 Å². The van der Waals surface area contributed by atoms with Crippen molar-refractivity contribution in [3.8, 4) is 11.5 Å². The van der Waals surface area contributed by atoms with Crippen molar-refractivity contribution < 1.29 is 9.47 Å². The molecule has 0 bridgehead atoms. The highest BCUT2D eigenvalue weighted by atomic mass is 35.5. The molecule has 1 fully saturated rings. The van der Waals surface area contributed by atoms with Crippen LogP contribution < -0.4 is 14.8 Å². The van der Waals surface area contributed by atoms with Gasteiger partial charge in [0.2, 0.25) is 0 Å². The van der Waals surface area contributed by atoms with Gasteiger partial charge in [-0.3, -0.25) is 9.88 Å². The summed E-state index contributed by atoms with van der Waals surface area (Å²) in [5.41, 5.74) is 2.52. The topological polar surface area (TPSA) is 46.6 Å². The van der Waals surface area contributed by atoms with Crippen LogP contribution in [0.3, 0.4) is 0 Å². The quantitative estimate of drug-likeness (QED) is 0.756. The lowest BCUT2D eigenvalue weighted by molar-refractivity contribution is 0.152. The van der Waals surface area contributed by atoms with Crippen molar-refractivity contribution in [1.29, 1.82) is 0 Å². The lowest BCUT2D eigenvalue weighted by Crippen LogP contribution is -2.45. The molecule has 0 saturated carbocycles. The van der Waals surface area contributed by atoms with E-state index in [1.54, 1.807) is 26.0 Å². The monoisotopic (exact) mass is 395 g/mol. The van der Waals surface area contributed by atoms with Crippen LogP contribution in [0, 0.1) is 0 Å². The van der Waals surface area contributed by atoms with Crippen molar-refractivity contribution >= 4 is 24.2 Å². The van der Waals surface area contributed by atoms with Gasteiger partial charge in [-0.25, -0.2) is 0 Å². The number of hydrogen-bond donors (Lipinski definition) is 1. The molecule has 2 heterocycles. The van der Waals surface area contributed by atoms with Crippen molar-refractivity contribution in [3.05, 3.63) is 47.8 Å².